The molecule has 2 fully saturated rings. The molecule has 14 heteroatoms. The van der Waals surface area contributed by atoms with Crippen molar-refractivity contribution in [2.24, 2.45) is 7.05 Å². The van der Waals surface area contributed by atoms with E-state index in [2.05, 4.69) is 30.4 Å². The number of anilines is 3. The van der Waals surface area contributed by atoms with Gasteiger partial charge >= 0.3 is 0 Å². The van der Waals surface area contributed by atoms with Crippen LogP contribution in [-0.4, -0.2) is 82.1 Å². The van der Waals surface area contributed by atoms with Gasteiger partial charge in [-0.15, -0.1) is 0 Å². The first-order chi connectivity index (χ1) is 15.0. The molecule has 0 spiro atoms. The van der Waals surface area contributed by atoms with E-state index in [-0.39, 0.29) is 19.3 Å². The summed E-state index contributed by atoms with van der Waals surface area (Å²) in [6, 6.07) is -0.842. The Bertz CT molecular complexity index is 1070. The summed E-state index contributed by atoms with van der Waals surface area (Å²) in [5.74, 6) is 0.320. The summed E-state index contributed by atoms with van der Waals surface area (Å²) in [5.41, 5.74) is -0.623. The Morgan fingerprint density at radius 1 is 1.25 bits per heavy atom. The number of aromatic nitrogens is 4. The van der Waals surface area contributed by atoms with Crippen LogP contribution in [-0.2, 0) is 26.5 Å². The number of hydrogen-bond acceptors (Lipinski definition) is 10. The number of nitrogens with zero attached hydrogens (tertiary/aromatic N) is 4. The fourth-order valence-electron chi connectivity index (χ4n) is 3.78. The minimum Gasteiger partial charge on any atom is -0.389 e. The lowest BCUT2D eigenvalue weighted by Gasteiger charge is -2.21. The monoisotopic (exact) mass is 487 g/mol. The third-order valence-electron chi connectivity index (χ3n) is 4.95. The molecule has 4 heterocycles. The lowest BCUT2D eigenvalue weighted by molar-refractivity contribution is 0.0689. The first-order valence-corrected chi connectivity index (χ1v) is 12.0. The second-order valence-electron chi connectivity index (χ2n) is 8.56. The maximum Gasteiger partial charge on any atom is 0.229 e. The van der Waals surface area contributed by atoms with Gasteiger partial charge in [0.25, 0.3) is 0 Å². The Morgan fingerprint density at radius 2 is 1.94 bits per heavy atom. The lowest BCUT2D eigenvalue weighted by Crippen LogP contribution is -2.48. The number of aryl methyl sites for hydroxylation is 1. The third kappa shape index (κ3) is 5.47. The number of fused-ring (bicyclic) bond motifs is 1. The lowest BCUT2D eigenvalue weighted by atomic mass is 10.1. The van der Waals surface area contributed by atoms with Crippen LogP contribution in [0.2, 0.25) is 5.02 Å². The number of ether oxygens (including phenoxy) is 2. The van der Waals surface area contributed by atoms with Crippen LogP contribution in [0.4, 0.5) is 17.5 Å². The minimum atomic E-state index is -3.72. The van der Waals surface area contributed by atoms with Gasteiger partial charge in [0.05, 0.1) is 54.7 Å². The quantitative estimate of drug-likeness (QED) is 0.407. The molecule has 32 heavy (non-hydrogen) atoms. The van der Waals surface area contributed by atoms with Gasteiger partial charge in [0.2, 0.25) is 16.0 Å². The zero-order valence-corrected chi connectivity index (χ0v) is 19.4. The Kier molecular flexibility index (Phi) is 6.31. The summed E-state index contributed by atoms with van der Waals surface area (Å²) in [6.07, 6.45) is 4.03. The molecule has 0 bridgehead atoms. The van der Waals surface area contributed by atoms with Crippen molar-refractivity contribution in [3.63, 3.8) is 0 Å². The van der Waals surface area contributed by atoms with E-state index in [9.17, 15) is 13.5 Å². The molecule has 0 amide bonds. The van der Waals surface area contributed by atoms with Gasteiger partial charge in [-0.2, -0.15) is 10.1 Å². The first kappa shape index (κ1) is 23.1. The van der Waals surface area contributed by atoms with Crippen molar-refractivity contribution in [2.45, 2.75) is 43.7 Å². The predicted octanol–water partition coefficient (Wildman–Crippen LogP) is 0.244. The Balaban J connectivity index is 1.41. The number of sulfonamides is 1. The molecule has 0 aliphatic carbocycles. The molecular formula is C18H26ClN7O5S. The highest BCUT2D eigenvalue weighted by atomic mass is 35.5. The Hall–Kier alpha value is -2.03. The molecule has 2 aromatic rings. The SMILES string of the molecule is Cn1cc(Nc2ncc(Cl)c(N[C@@H]3COC4C3OC[C@@H]4NS(=O)(=O)CC(C)(C)O)n2)cn1. The van der Waals surface area contributed by atoms with E-state index >= 15 is 0 Å². The van der Waals surface area contributed by atoms with E-state index in [0.717, 1.165) is 5.69 Å². The molecule has 2 aliphatic rings. The summed E-state index contributed by atoms with van der Waals surface area (Å²) in [4.78, 5) is 8.60. The van der Waals surface area contributed by atoms with Crippen molar-refractivity contribution in [1.29, 1.82) is 0 Å². The molecule has 4 atom stereocenters. The zero-order valence-electron chi connectivity index (χ0n) is 17.8. The van der Waals surface area contributed by atoms with Crippen LogP contribution in [0.3, 0.4) is 0 Å². The molecule has 0 saturated carbocycles. The molecule has 2 unspecified atom stereocenters. The number of rotatable bonds is 8. The average Bonchev–Trinajstić information content (AvgIpc) is 3.35. The van der Waals surface area contributed by atoms with Crippen LogP contribution < -0.4 is 15.4 Å². The van der Waals surface area contributed by atoms with Crippen molar-refractivity contribution in [3.05, 3.63) is 23.6 Å². The van der Waals surface area contributed by atoms with Crippen molar-refractivity contribution in [3.8, 4) is 0 Å². The van der Waals surface area contributed by atoms with E-state index in [0.29, 0.717) is 16.8 Å². The van der Waals surface area contributed by atoms with Crippen LogP contribution in [0.25, 0.3) is 0 Å². The molecule has 2 aliphatic heterocycles. The molecule has 4 rings (SSSR count). The van der Waals surface area contributed by atoms with E-state index in [1.165, 1.54) is 20.0 Å². The molecule has 2 aromatic heterocycles. The minimum absolute atomic E-state index is 0.157. The zero-order chi connectivity index (χ0) is 23.1. The Morgan fingerprint density at radius 3 is 2.59 bits per heavy atom. The van der Waals surface area contributed by atoms with Crippen LogP contribution in [0, 0.1) is 0 Å². The van der Waals surface area contributed by atoms with E-state index in [4.69, 9.17) is 21.1 Å². The van der Waals surface area contributed by atoms with Gasteiger partial charge in [-0.05, 0) is 13.8 Å². The smallest absolute Gasteiger partial charge is 0.229 e. The van der Waals surface area contributed by atoms with Gasteiger partial charge in [-0.1, -0.05) is 11.6 Å². The van der Waals surface area contributed by atoms with Gasteiger partial charge in [-0.3, -0.25) is 4.68 Å². The van der Waals surface area contributed by atoms with Crippen molar-refractivity contribution < 1.29 is 23.0 Å². The molecule has 0 radical (unpaired) electrons. The summed E-state index contributed by atoms with van der Waals surface area (Å²) < 4.78 is 40.6. The second kappa shape index (κ2) is 8.72. The molecule has 0 aromatic carbocycles. The molecule has 176 valence electrons. The highest BCUT2D eigenvalue weighted by Crippen LogP contribution is 2.31. The topological polar surface area (TPSA) is 153 Å². The maximum atomic E-state index is 12.4. The van der Waals surface area contributed by atoms with Gasteiger partial charge in [0, 0.05) is 13.2 Å². The average molecular weight is 488 g/mol. The highest BCUT2D eigenvalue weighted by molar-refractivity contribution is 7.89. The third-order valence-corrected chi connectivity index (χ3v) is 6.98. The van der Waals surface area contributed by atoms with Gasteiger partial charge in [0.1, 0.15) is 17.2 Å². The largest absolute Gasteiger partial charge is 0.389 e. The molecule has 2 saturated heterocycles. The normalized spacial score (nSPS) is 25.7. The van der Waals surface area contributed by atoms with Gasteiger partial charge in [-0.25, -0.2) is 18.1 Å². The van der Waals surface area contributed by atoms with E-state index in [1.807, 2.05) is 0 Å². The van der Waals surface area contributed by atoms with E-state index in [1.54, 1.807) is 24.1 Å². The summed E-state index contributed by atoms with van der Waals surface area (Å²) in [5, 5.41) is 20.5. The van der Waals surface area contributed by atoms with E-state index < -0.39 is 39.6 Å². The Labute approximate surface area is 190 Å². The number of aliphatic hydroxyl groups is 1. The maximum absolute atomic E-state index is 12.4. The van der Waals surface area contributed by atoms with Gasteiger partial charge < -0.3 is 25.2 Å². The first-order valence-electron chi connectivity index (χ1n) is 9.99. The summed E-state index contributed by atoms with van der Waals surface area (Å²) in [7, 11) is -1.91. The number of halogens is 1. The summed E-state index contributed by atoms with van der Waals surface area (Å²) in [6.45, 7) is 3.32. The highest BCUT2D eigenvalue weighted by Gasteiger charge is 2.49. The number of nitrogens with one attached hydrogen (secondary N) is 3. The number of hydrogen-bond donors (Lipinski definition) is 4. The molecular weight excluding hydrogens is 462 g/mol. The molecule has 4 N–H and O–H groups in total. The van der Waals surface area contributed by atoms with Crippen LogP contribution >= 0.6 is 11.6 Å². The molecule has 12 nitrogen and oxygen atoms in total. The van der Waals surface area contributed by atoms with Crippen LogP contribution in [0.15, 0.2) is 18.6 Å². The van der Waals surface area contributed by atoms with Crippen molar-refractivity contribution in [1.82, 2.24) is 24.5 Å². The van der Waals surface area contributed by atoms with Gasteiger partial charge in [0.15, 0.2) is 5.82 Å². The van der Waals surface area contributed by atoms with Crippen LogP contribution in [0.5, 0.6) is 0 Å². The predicted molar refractivity (Wildman–Crippen MR) is 117 cm³/mol. The van der Waals surface area contributed by atoms with Crippen molar-refractivity contribution in [2.75, 3.05) is 29.6 Å². The fourth-order valence-corrected chi connectivity index (χ4v) is 5.60. The fraction of sp³-hybridized carbons (Fsp3) is 0.611. The van der Waals surface area contributed by atoms with Crippen molar-refractivity contribution >= 4 is 39.1 Å². The van der Waals surface area contributed by atoms with Crippen LogP contribution in [0.1, 0.15) is 13.8 Å². The summed E-state index contributed by atoms with van der Waals surface area (Å²) >= 11 is 6.27. The second-order valence-corrected chi connectivity index (χ2v) is 10.7. The standard InChI is InChI=1S/C18H26ClN7O5S/c1-18(2,27)9-32(28,29)25-13-8-31-14-12(7-30-15(13)14)23-16-11(19)5-20-17(24-16)22-10-4-21-26(3)6-10/h4-6,12-15,25,27H,7-9H2,1-3H3,(H2,20,22,23,24)/t12-,13+,14?,15?/m1/s1.